The monoisotopic (exact) mass is 335 g/mol. The fourth-order valence-electron chi connectivity index (χ4n) is 2.01. The Kier molecular flexibility index (Phi) is 6.02. The van der Waals surface area contributed by atoms with Crippen LogP contribution in [0, 0.1) is 5.82 Å². The van der Waals surface area contributed by atoms with Gasteiger partial charge in [0.2, 0.25) is 0 Å². The van der Waals surface area contributed by atoms with Crippen LogP contribution in [-0.2, 0) is 14.3 Å². The van der Waals surface area contributed by atoms with E-state index in [1.807, 2.05) is 0 Å². The zero-order valence-corrected chi connectivity index (χ0v) is 13.4. The fraction of sp³-hybridized carbons (Fsp3) is 0.312. The number of carbonyl (C=O) groups is 2. The van der Waals surface area contributed by atoms with Gasteiger partial charge in [0.1, 0.15) is 12.4 Å². The average molecular weight is 335 g/mol. The van der Waals surface area contributed by atoms with Gasteiger partial charge in [-0.3, -0.25) is 9.59 Å². The first kappa shape index (κ1) is 17.6. The van der Waals surface area contributed by atoms with Gasteiger partial charge in [-0.15, -0.1) is 0 Å². The molecule has 0 saturated carbocycles. The molecule has 0 aliphatic heterocycles. The maximum absolute atomic E-state index is 13.0. The molecule has 0 saturated heterocycles. The second-order valence-electron chi connectivity index (χ2n) is 4.92. The van der Waals surface area contributed by atoms with Crippen molar-refractivity contribution in [1.82, 2.24) is 14.7 Å². The van der Waals surface area contributed by atoms with Crippen molar-refractivity contribution >= 4 is 11.9 Å². The largest absolute Gasteiger partial charge is 0.468 e. The number of nitrogens with zero attached hydrogens (tertiary/aromatic N) is 3. The fourth-order valence-corrected chi connectivity index (χ4v) is 2.01. The Morgan fingerprint density at radius 3 is 2.54 bits per heavy atom. The van der Waals surface area contributed by atoms with Crippen molar-refractivity contribution in [3.63, 3.8) is 0 Å². The van der Waals surface area contributed by atoms with E-state index in [-0.39, 0.29) is 31.2 Å². The number of carbonyl (C=O) groups excluding carboxylic acids is 2. The molecule has 0 bridgehead atoms. The Morgan fingerprint density at radius 1 is 1.21 bits per heavy atom. The van der Waals surface area contributed by atoms with Gasteiger partial charge in [0, 0.05) is 19.9 Å². The highest BCUT2D eigenvalue weighted by molar-refractivity contribution is 5.94. The summed E-state index contributed by atoms with van der Waals surface area (Å²) in [7, 11) is 2.76. The zero-order chi connectivity index (χ0) is 17.5. The molecule has 0 fully saturated rings. The summed E-state index contributed by atoms with van der Waals surface area (Å²) >= 11 is 0. The molecule has 0 N–H and O–H groups in total. The van der Waals surface area contributed by atoms with Gasteiger partial charge in [0.05, 0.1) is 19.4 Å². The maximum atomic E-state index is 13.0. The third kappa shape index (κ3) is 4.39. The minimum Gasteiger partial charge on any atom is -0.468 e. The van der Waals surface area contributed by atoms with Crippen LogP contribution in [0.25, 0.3) is 5.69 Å². The van der Waals surface area contributed by atoms with Gasteiger partial charge in [-0.2, -0.15) is 5.10 Å². The van der Waals surface area contributed by atoms with E-state index in [0.717, 1.165) is 0 Å². The highest BCUT2D eigenvalue weighted by atomic mass is 19.1. The molecule has 0 radical (unpaired) electrons. The van der Waals surface area contributed by atoms with Crippen molar-refractivity contribution < 1.29 is 23.5 Å². The number of halogens is 1. The van der Waals surface area contributed by atoms with Gasteiger partial charge >= 0.3 is 5.97 Å². The average Bonchev–Trinajstić information content (AvgIpc) is 3.08. The van der Waals surface area contributed by atoms with Gasteiger partial charge in [-0.05, 0) is 30.3 Å². The van der Waals surface area contributed by atoms with Gasteiger partial charge in [0.25, 0.3) is 5.91 Å². The third-order valence-electron chi connectivity index (χ3n) is 3.30. The highest BCUT2D eigenvalue weighted by Gasteiger charge is 2.21. The van der Waals surface area contributed by atoms with E-state index in [2.05, 4.69) is 9.84 Å². The van der Waals surface area contributed by atoms with Crippen LogP contribution in [0.2, 0.25) is 0 Å². The number of aromatic nitrogens is 2. The second kappa shape index (κ2) is 8.21. The molecule has 1 amide bonds. The molecule has 0 unspecified atom stereocenters. The first-order chi connectivity index (χ1) is 11.5. The van der Waals surface area contributed by atoms with E-state index in [4.69, 9.17) is 4.74 Å². The summed E-state index contributed by atoms with van der Waals surface area (Å²) in [5, 5.41) is 4.18. The lowest BCUT2D eigenvalue weighted by molar-refractivity contribution is -0.141. The quantitative estimate of drug-likeness (QED) is 0.713. The molecule has 7 nitrogen and oxygen atoms in total. The van der Waals surface area contributed by atoms with Crippen molar-refractivity contribution in [3.8, 4) is 5.69 Å². The minimum atomic E-state index is -0.530. The predicted molar refractivity (Wildman–Crippen MR) is 83.3 cm³/mol. The maximum Gasteiger partial charge on any atom is 0.325 e. The Labute approximate surface area is 138 Å². The Hall–Kier alpha value is -2.74. The lowest BCUT2D eigenvalue weighted by atomic mass is 10.3. The zero-order valence-electron chi connectivity index (χ0n) is 13.4. The molecule has 1 aromatic carbocycles. The van der Waals surface area contributed by atoms with Crippen LogP contribution in [-0.4, -0.2) is 60.5 Å². The Balaban J connectivity index is 2.17. The summed E-state index contributed by atoms with van der Waals surface area (Å²) < 4.78 is 24.0. The topological polar surface area (TPSA) is 73.7 Å². The molecule has 24 heavy (non-hydrogen) atoms. The van der Waals surface area contributed by atoms with Crippen LogP contribution in [0.4, 0.5) is 4.39 Å². The molecule has 0 spiro atoms. The van der Waals surface area contributed by atoms with Crippen molar-refractivity contribution in [2.45, 2.75) is 0 Å². The number of hydrogen-bond acceptors (Lipinski definition) is 5. The summed E-state index contributed by atoms with van der Waals surface area (Å²) in [4.78, 5) is 25.3. The Morgan fingerprint density at radius 2 is 1.92 bits per heavy atom. The standard InChI is InChI=1S/C16H18FN3O4/c1-23-10-9-19(11-15(21)24-2)16(22)14-7-8-20(18-14)13-5-3-12(17)4-6-13/h3-8H,9-11H2,1-2H3. The molecule has 1 heterocycles. The number of esters is 1. The third-order valence-corrected chi connectivity index (χ3v) is 3.30. The van der Waals surface area contributed by atoms with E-state index in [1.54, 1.807) is 18.3 Å². The number of methoxy groups -OCH3 is 2. The number of hydrogen-bond donors (Lipinski definition) is 0. The van der Waals surface area contributed by atoms with Crippen LogP contribution in [0.15, 0.2) is 36.5 Å². The van der Waals surface area contributed by atoms with E-state index in [1.165, 1.54) is 42.0 Å². The number of ether oxygens (including phenoxy) is 2. The molecular formula is C16H18FN3O4. The molecule has 0 aliphatic rings. The van der Waals surface area contributed by atoms with Crippen LogP contribution < -0.4 is 0 Å². The number of rotatable bonds is 7. The van der Waals surface area contributed by atoms with Gasteiger partial charge in [-0.1, -0.05) is 0 Å². The summed E-state index contributed by atoms with van der Waals surface area (Å²) in [6.45, 7) is 0.317. The van der Waals surface area contributed by atoms with Crippen molar-refractivity contribution in [1.29, 1.82) is 0 Å². The smallest absolute Gasteiger partial charge is 0.325 e. The van der Waals surface area contributed by atoms with Crippen LogP contribution in [0.1, 0.15) is 10.5 Å². The molecule has 128 valence electrons. The summed E-state index contributed by atoms with van der Waals surface area (Å²) in [5.74, 6) is -1.30. The van der Waals surface area contributed by atoms with Crippen molar-refractivity contribution in [2.24, 2.45) is 0 Å². The summed E-state index contributed by atoms with van der Waals surface area (Å²) in [6, 6.07) is 7.24. The predicted octanol–water partition coefficient (Wildman–Crippen LogP) is 1.27. The Bertz CT molecular complexity index is 700. The van der Waals surface area contributed by atoms with E-state index >= 15 is 0 Å². The van der Waals surface area contributed by atoms with Crippen LogP contribution in [0.5, 0.6) is 0 Å². The van der Waals surface area contributed by atoms with E-state index < -0.39 is 11.9 Å². The first-order valence-electron chi connectivity index (χ1n) is 7.21. The van der Waals surface area contributed by atoms with E-state index in [0.29, 0.717) is 5.69 Å². The molecule has 2 rings (SSSR count). The van der Waals surface area contributed by atoms with Gasteiger partial charge < -0.3 is 14.4 Å². The van der Waals surface area contributed by atoms with Gasteiger partial charge in [0.15, 0.2) is 5.69 Å². The molecule has 0 aliphatic carbocycles. The first-order valence-corrected chi connectivity index (χ1v) is 7.21. The number of benzene rings is 1. The van der Waals surface area contributed by atoms with Crippen LogP contribution in [0.3, 0.4) is 0 Å². The molecular weight excluding hydrogens is 317 g/mol. The van der Waals surface area contributed by atoms with Crippen molar-refractivity contribution in [3.05, 3.63) is 48.0 Å². The van der Waals surface area contributed by atoms with Crippen molar-refractivity contribution in [2.75, 3.05) is 33.9 Å². The molecule has 2 aromatic rings. The SMILES string of the molecule is COCCN(CC(=O)OC)C(=O)c1ccn(-c2ccc(F)cc2)n1. The lowest BCUT2D eigenvalue weighted by Gasteiger charge is -2.19. The summed E-state index contributed by atoms with van der Waals surface area (Å²) in [6.07, 6.45) is 1.59. The van der Waals surface area contributed by atoms with E-state index in [9.17, 15) is 14.0 Å². The highest BCUT2D eigenvalue weighted by Crippen LogP contribution is 2.10. The molecule has 8 heteroatoms. The van der Waals surface area contributed by atoms with Gasteiger partial charge in [-0.25, -0.2) is 9.07 Å². The molecule has 0 atom stereocenters. The lowest BCUT2D eigenvalue weighted by Crippen LogP contribution is -2.38. The summed E-state index contributed by atoms with van der Waals surface area (Å²) in [5.41, 5.74) is 0.784. The molecule has 1 aromatic heterocycles. The van der Waals surface area contributed by atoms with Crippen LogP contribution >= 0.6 is 0 Å². The second-order valence-corrected chi connectivity index (χ2v) is 4.92. The normalized spacial score (nSPS) is 10.5. The number of amides is 1. The minimum absolute atomic E-state index is 0.166.